The van der Waals surface area contributed by atoms with Crippen molar-refractivity contribution in [1.82, 2.24) is 19.9 Å². The maximum Gasteiger partial charge on any atom is 0.223 e. The smallest absolute Gasteiger partial charge is 0.223 e. The van der Waals surface area contributed by atoms with Gasteiger partial charge in [-0.1, -0.05) is 5.16 Å². The summed E-state index contributed by atoms with van der Waals surface area (Å²) in [6, 6.07) is -0.379. The van der Waals surface area contributed by atoms with Crippen molar-refractivity contribution in [3.8, 4) is 0 Å². The molecular weight excluding hydrogens is 194 g/mol. The Hall–Kier alpha value is -1.69. The maximum absolute atomic E-state index is 6.01. The minimum atomic E-state index is -0.379. The summed E-state index contributed by atoms with van der Waals surface area (Å²) in [6.07, 6.45) is 1.87. The molecule has 1 atom stereocenters. The number of hydrogen-bond acceptors (Lipinski definition) is 5. The second-order valence-electron chi connectivity index (χ2n) is 3.49. The summed E-state index contributed by atoms with van der Waals surface area (Å²) < 4.78 is 6.61. The topological polar surface area (TPSA) is 82.8 Å². The molecule has 0 bridgehead atoms. The van der Waals surface area contributed by atoms with E-state index >= 15 is 0 Å². The summed E-state index contributed by atoms with van der Waals surface area (Å²) in [4.78, 5) is 4.10. The van der Waals surface area contributed by atoms with Crippen molar-refractivity contribution in [3.05, 3.63) is 29.2 Å². The molecule has 2 rings (SSSR count). The monoisotopic (exact) mass is 207 g/mol. The molecule has 0 aliphatic carbocycles. The van der Waals surface area contributed by atoms with Gasteiger partial charge in [-0.25, -0.2) is 0 Å². The van der Waals surface area contributed by atoms with Gasteiger partial charge in [-0.2, -0.15) is 10.1 Å². The molecule has 0 saturated heterocycles. The third kappa shape index (κ3) is 1.75. The van der Waals surface area contributed by atoms with Crippen LogP contribution in [0.1, 0.15) is 29.0 Å². The van der Waals surface area contributed by atoms with Gasteiger partial charge in [-0.15, -0.1) is 0 Å². The summed E-state index contributed by atoms with van der Waals surface area (Å²) in [5.41, 5.74) is 7.80. The summed E-state index contributed by atoms with van der Waals surface area (Å²) in [7, 11) is 1.85. The summed E-state index contributed by atoms with van der Waals surface area (Å²) >= 11 is 0. The van der Waals surface area contributed by atoms with Crippen molar-refractivity contribution in [2.24, 2.45) is 12.8 Å². The number of aryl methyl sites for hydroxylation is 3. The highest BCUT2D eigenvalue weighted by Gasteiger charge is 2.18. The van der Waals surface area contributed by atoms with Gasteiger partial charge >= 0.3 is 0 Å². The zero-order valence-corrected chi connectivity index (χ0v) is 8.93. The van der Waals surface area contributed by atoms with E-state index in [0.29, 0.717) is 11.7 Å². The van der Waals surface area contributed by atoms with Crippen molar-refractivity contribution >= 4 is 0 Å². The first-order chi connectivity index (χ1) is 7.08. The van der Waals surface area contributed by atoms with Crippen LogP contribution in [0.4, 0.5) is 0 Å². The fourth-order valence-electron chi connectivity index (χ4n) is 1.50. The number of rotatable bonds is 2. The van der Waals surface area contributed by atoms with Crippen LogP contribution in [-0.2, 0) is 7.05 Å². The van der Waals surface area contributed by atoms with E-state index in [9.17, 15) is 0 Å². The highest BCUT2D eigenvalue weighted by molar-refractivity contribution is 5.24. The predicted octanol–water partition coefficient (Wildman–Crippen LogP) is 0.468. The second kappa shape index (κ2) is 3.47. The maximum atomic E-state index is 6.01. The van der Waals surface area contributed by atoms with Crippen molar-refractivity contribution in [2.45, 2.75) is 19.9 Å². The molecule has 0 aromatic carbocycles. The number of nitrogens with zero attached hydrogens (tertiary/aromatic N) is 4. The first-order valence-electron chi connectivity index (χ1n) is 4.64. The standard InChI is InChI=1S/C9H13N5O/c1-5-7(4-14(3)12-5)8(10)9-11-6(2)15-13-9/h4,8H,10H2,1-3H3. The third-order valence-electron chi connectivity index (χ3n) is 2.21. The van der Waals surface area contributed by atoms with E-state index in [-0.39, 0.29) is 6.04 Å². The average molecular weight is 207 g/mol. The summed E-state index contributed by atoms with van der Waals surface area (Å²) in [6.45, 7) is 3.64. The van der Waals surface area contributed by atoms with Crippen LogP contribution in [-0.4, -0.2) is 19.9 Å². The Morgan fingerprint density at radius 3 is 2.67 bits per heavy atom. The molecular formula is C9H13N5O. The highest BCUT2D eigenvalue weighted by atomic mass is 16.5. The lowest BCUT2D eigenvalue weighted by Gasteiger charge is -2.04. The molecule has 0 radical (unpaired) electrons. The van der Waals surface area contributed by atoms with E-state index in [1.165, 1.54) is 0 Å². The molecule has 80 valence electrons. The van der Waals surface area contributed by atoms with E-state index < -0.39 is 0 Å². The van der Waals surface area contributed by atoms with Crippen LogP contribution in [0, 0.1) is 13.8 Å². The molecule has 0 amide bonds. The van der Waals surface area contributed by atoms with Crippen LogP contribution < -0.4 is 5.73 Å². The Kier molecular flexibility index (Phi) is 2.28. The Labute approximate surface area is 87.1 Å². The largest absolute Gasteiger partial charge is 0.340 e. The Morgan fingerprint density at radius 1 is 1.47 bits per heavy atom. The molecule has 0 spiro atoms. The molecule has 2 aromatic heterocycles. The summed E-state index contributed by atoms with van der Waals surface area (Å²) in [5.74, 6) is 1.01. The molecule has 6 nitrogen and oxygen atoms in total. The highest BCUT2D eigenvalue weighted by Crippen LogP contribution is 2.19. The van der Waals surface area contributed by atoms with E-state index in [0.717, 1.165) is 11.3 Å². The van der Waals surface area contributed by atoms with E-state index in [1.807, 2.05) is 20.2 Å². The van der Waals surface area contributed by atoms with Gasteiger partial charge in [0.1, 0.15) is 0 Å². The summed E-state index contributed by atoms with van der Waals surface area (Å²) in [5, 5.41) is 8.01. The average Bonchev–Trinajstić information content (AvgIpc) is 2.71. The fourth-order valence-corrected chi connectivity index (χ4v) is 1.50. The molecule has 15 heavy (non-hydrogen) atoms. The van der Waals surface area contributed by atoms with Crippen LogP contribution in [0.15, 0.2) is 10.7 Å². The normalized spacial score (nSPS) is 13.1. The van der Waals surface area contributed by atoms with Gasteiger partial charge < -0.3 is 10.3 Å². The van der Waals surface area contributed by atoms with Gasteiger partial charge in [-0.3, -0.25) is 4.68 Å². The zero-order chi connectivity index (χ0) is 11.0. The molecule has 0 aliphatic heterocycles. The van der Waals surface area contributed by atoms with Crippen LogP contribution in [0.25, 0.3) is 0 Å². The van der Waals surface area contributed by atoms with Gasteiger partial charge in [0.25, 0.3) is 0 Å². The van der Waals surface area contributed by atoms with Crippen LogP contribution in [0.3, 0.4) is 0 Å². The SMILES string of the molecule is Cc1nc(C(N)c2cn(C)nc2C)no1. The Bertz CT molecular complexity index is 473. The van der Waals surface area contributed by atoms with Gasteiger partial charge in [0, 0.05) is 25.7 Å². The lowest BCUT2D eigenvalue weighted by Crippen LogP contribution is -2.14. The second-order valence-corrected chi connectivity index (χ2v) is 3.49. The quantitative estimate of drug-likeness (QED) is 0.773. The minimum Gasteiger partial charge on any atom is -0.340 e. The minimum absolute atomic E-state index is 0.379. The molecule has 2 heterocycles. The fraction of sp³-hybridized carbons (Fsp3) is 0.444. The first-order valence-corrected chi connectivity index (χ1v) is 4.64. The van der Waals surface area contributed by atoms with Gasteiger partial charge in [0.05, 0.1) is 11.7 Å². The van der Waals surface area contributed by atoms with E-state index in [4.69, 9.17) is 10.3 Å². The van der Waals surface area contributed by atoms with Crippen molar-refractivity contribution in [1.29, 1.82) is 0 Å². The number of nitrogens with two attached hydrogens (primary N) is 1. The van der Waals surface area contributed by atoms with Crippen molar-refractivity contribution in [2.75, 3.05) is 0 Å². The third-order valence-corrected chi connectivity index (χ3v) is 2.21. The van der Waals surface area contributed by atoms with Crippen LogP contribution in [0.5, 0.6) is 0 Å². The predicted molar refractivity (Wildman–Crippen MR) is 53.0 cm³/mol. The van der Waals surface area contributed by atoms with Crippen LogP contribution >= 0.6 is 0 Å². The lowest BCUT2D eigenvalue weighted by molar-refractivity contribution is 0.385. The molecule has 2 N–H and O–H groups in total. The van der Waals surface area contributed by atoms with Crippen LogP contribution in [0.2, 0.25) is 0 Å². The Morgan fingerprint density at radius 2 is 2.20 bits per heavy atom. The lowest BCUT2D eigenvalue weighted by atomic mass is 10.1. The van der Waals surface area contributed by atoms with Crippen molar-refractivity contribution < 1.29 is 4.52 Å². The molecule has 0 fully saturated rings. The van der Waals surface area contributed by atoms with Gasteiger partial charge in [0.15, 0.2) is 5.82 Å². The van der Waals surface area contributed by atoms with Crippen molar-refractivity contribution in [3.63, 3.8) is 0 Å². The number of aromatic nitrogens is 4. The number of hydrogen-bond donors (Lipinski definition) is 1. The van der Waals surface area contributed by atoms with Gasteiger partial charge in [0.2, 0.25) is 5.89 Å². The van der Waals surface area contributed by atoms with E-state index in [1.54, 1.807) is 11.6 Å². The first kappa shape index (κ1) is 9.85. The molecule has 1 unspecified atom stereocenters. The molecule has 2 aromatic rings. The van der Waals surface area contributed by atoms with E-state index in [2.05, 4.69) is 15.2 Å². The van der Waals surface area contributed by atoms with Gasteiger partial charge in [-0.05, 0) is 6.92 Å². The molecule has 0 aliphatic rings. The zero-order valence-electron chi connectivity index (χ0n) is 8.93. The Balaban J connectivity index is 2.35. The molecule has 0 saturated carbocycles. The molecule has 6 heteroatoms.